The standard InChI is InChI=1S/C18H28N2O3/c1-20(12-13-21)18(10-6-3-7-11-18)15-19-17(22)23-14-16-8-4-2-5-9-16/h2,4-5,8-9,21H,3,6-7,10-15H2,1H3,(H,19,22). The summed E-state index contributed by atoms with van der Waals surface area (Å²) in [5, 5.41) is 12.1. The van der Waals surface area contributed by atoms with Gasteiger partial charge in [-0.15, -0.1) is 0 Å². The number of alkyl carbamates (subject to hydrolysis) is 1. The van der Waals surface area contributed by atoms with Gasteiger partial charge >= 0.3 is 6.09 Å². The quantitative estimate of drug-likeness (QED) is 0.810. The number of amides is 1. The third-order valence-corrected chi connectivity index (χ3v) is 4.80. The molecule has 0 unspecified atom stereocenters. The predicted octanol–water partition coefficient (Wildman–Crippen LogP) is 2.54. The minimum Gasteiger partial charge on any atom is -0.445 e. The normalized spacial score (nSPS) is 17.0. The molecule has 2 N–H and O–H groups in total. The van der Waals surface area contributed by atoms with E-state index in [-0.39, 0.29) is 24.8 Å². The van der Waals surface area contributed by atoms with E-state index in [1.807, 2.05) is 37.4 Å². The summed E-state index contributed by atoms with van der Waals surface area (Å²) >= 11 is 0. The number of nitrogens with zero attached hydrogens (tertiary/aromatic N) is 1. The number of nitrogens with one attached hydrogen (secondary N) is 1. The number of ether oxygens (including phenoxy) is 1. The van der Waals surface area contributed by atoms with Gasteiger partial charge in [-0.25, -0.2) is 4.79 Å². The van der Waals surface area contributed by atoms with Crippen LogP contribution in [0, 0.1) is 0 Å². The van der Waals surface area contributed by atoms with E-state index in [1.54, 1.807) is 0 Å². The van der Waals surface area contributed by atoms with E-state index >= 15 is 0 Å². The first kappa shape index (κ1) is 17.8. The number of likely N-dealkylation sites (N-methyl/N-ethyl adjacent to an activating group) is 1. The fourth-order valence-electron chi connectivity index (χ4n) is 3.30. The molecule has 0 bridgehead atoms. The molecular weight excluding hydrogens is 292 g/mol. The second kappa shape index (κ2) is 8.89. The van der Waals surface area contributed by atoms with Crippen molar-refractivity contribution in [1.29, 1.82) is 0 Å². The first-order chi connectivity index (χ1) is 11.2. The van der Waals surface area contributed by atoms with Crippen LogP contribution in [0.2, 0.25) is 0 Å². The van der Waals surface area contributed by atoms with Crippen LogP contribution in [0.1, 0.15) is 37.7 Å². The second-order valence-corrected chi connectivity index (χ2v) is 6.35. The van der Waals surface area contributed by atoms with Crippen molar-refractivity contribution in [3.05, 3.63) is 35.9 Å². The maximum Gasteiger partial charge on any atom is 0.407 e. The molecule has 0 atom stereocenters. The van der Waals surface area contributed by atoms with Gasteiger partial charge in [-0.2, -0.15) is 0 Å². The van der Waals surface area contributed by atoms with Crippen molar-refractivity contribution < 1.29 is 14.6 Å². The van der Waals surface area contributed by atoms with E-state index in [1.165, 1.54) is 6.42 Å². The Morgan fingerprint density at radius 1 is 1.26 bits per heavy atom. The fraction of sp³-hybridized carbons (Fsp3) is 0.611. The Morgan fingerprint density at radius 2 is 1.96 bits per heavy atom. The van der Waals surface area contributed by atoms with E-state index < -0.39 is 0 Å². The highest BCUT2D eigenvalue weighted by Gasteiger charge is 2.36. The molecule has 5 heteroatoms. The Morgan fingerprint density at radius 3 is 2.61 bits per heavy atom. The van der Waals surface area contributed by atoms with E-state index in [9.17, 15) is 9.90 Å². The number of rotatable bonds is 7. The number of carbonyl (C=O) groups is 1. The molecule has 1 saturated carbocycles. The van der Waals surface area contributed by atoms with Crippen molar-refractivity contribution in [2.24, 2.45) is 0 Å². The minimum atomic E-state index is -0.379. The van der Waals surface area contributed by atoms with Gasteiger partial charge in [0, 0.05) is 18.6 Å². The van der Waals surface area contributed by atoms with Crippen LogP contribution in [0.5, 0.6) is 0 Å². The van der Waals surface area contributed by atoms with E-state index in [4.69, 9.17) is 4.74 Å². The van der Waals surface area contributed by atoms with Crippen LogP contribution in [0.15, 0.2) is 30.3 Å². The largest absolute Gasteiger partial charge is 0.445 e. The van der Waals surface area contributed by atoms with Crippen LogP contribution in [-0.2, 0) is 11.3 Å². The van der Waals surface area contributed by atoms with Gasteiger partial charge in [0.05, 0.1) is 6.61 Å². The van der Waals surface area contributed by atoms with Crippen molar-refractivity contribution in [3.63, 3.8) is 0 Å². The molecule has 1 aliphatic carbocycles. The van der Waals surface area contributed by atoms with Crippen LogP contribution in [0.25, 0.3) is 0 Å². The van der Waals surface area contributed by atoms with Crippen LogP contribution in [0.3, 0.4) is 0 Å². The van der Waals surface area contributed by atoms with Crippen molar-refractivity contribution in [2.75, 3.05) is 26.7 Å². The molecule has 128 valence electrons. The zero-order valence-corrected chi connectivity index (χ0v) is 14.0. The van der Waals surface area contributed by atoms with Gasteiger partial charge in [0.1, 0.15) is 6.61 Å². The summed E-state index contributed by atoms with van der Waals surface area (Å²) in [5.74, 6) is 0. The van der Waals surface area contributed by atoms with E-state index in [0.29, 0.717) is 13.1 Å². The van der Waals surface area contributed by atoms with Gasteiger partial charge in [0.25, 0.3) is 0 Å². The van der Waals surface area contributed by atoms with Gasteiger partial charge in [0.2, 0.25) is 0 Å². The summed E-state index contributed by atoms with van der Waals surface area (Å²) in [7, 11) is 2.03. The smallest absolute Gasteiger partial charge is 0.407 e. The topological polar surface area (TPSA) is 61.8 Å². The maximum absolute atomic E-state index is 12.0. The molecule has 1 aromatic carbocycles. The Kier molecular flexibility index (Phi) is 6.86. The molecule has 0 saturated heterocycles. The Balaban J connectivity index is 1.84. The number of benzene rings is 1. The lowest BCUT2D eigenvalue weighted by molar-refractivity contribution is 0.0551. The maximum atomic E-state index is 12.0. The molecule has 1 aromatic rings. The number of hydrogen-bond acceptors (Lipinski definition) is 4. The summed E-state index contributed by atoms with van der Waals surface area (Å²) in [6.45, 7) is 1.61. The summed E-state index contributed by atoms with van der Waals surface area (Å²) < 4.78 is 5.29. The van der Waals surface area contributed by atoms with Crippen LogP contribution in [0.4, 0.5) is 4.79 Å². The summed E-state index contributed by atoms with van der Waals surface area (Å²) in [6.07, 6.45) is 5.28. The molecular formula is C18H28N2O3. The number of carbonyl (C=O) groups excluding carboxylic acids is 1. The zero-order chi connectivity index (χ0) is 16.5. The number of hydrogen-bond donors (Lipinski definition) is 2. The van der Waals surface area contributed by atoms with Gasteiger partial charge < -0.3 is 15.2 Å². The van der Waals surface area contributed by atoms with Gasteiger partial charge in [-0.1, -0.05) is 49.6 Å². The summed E-state index contributed by atoms with van der Waals surface area (Å²) in [5.41, 5.74) is 0.916. The summed E-state index contributed by atoms with van der Waals surface area (Å²) in [6, 6.07) is 9.66. The highest BCUT2D eigenvalue weighted by atomic mass is 16.5. The lowest BCUT2D eigenvalue weighted by atomic mass is 9.80. The molecule has 0 heterocycles. The molecule has 1 aliphatic rings. The fourth-order valence-corrected chi connectivity index (χ4v) is 3.30. The number of aliphatic hydroxyl groups excluding tert-OH is 1. The molecule has 0 radical (unpaired) electrons. The van der Waals surface area contributed by atoms with Crippen molar-refractivity contribution in [1.82, 2.24) is 10.2 Å². The lowest BCUT2D eigenvalue weighted by Crippen LogP contribution is -2.56. The van der Waals surface area contributed by atoms with Crippen LogP contribution in [-0.4, -0.2) is 48.4 Å². The van der Waals surface area contributed by atoms with E-state index in [0.717, 1.165) is 31.2 Å². The summed E-state index contributed by atoms with van der Waals surface area (Å²) in [4.78, 5) is 14.2. The molecule has 0 aromatic heterocycles. The number of aliphatic hydroxyl groups is 1. The predicted molar refractivity (Wildman–Crippen MR) is 90.2 cm³/mol. The van der Waals surface area contributed by atoms with Crippen molar-refractivity contribution >= 4 is 6.09 Å². The molecule has 0 spiro atoms. The molecule has 0 aliphatic heterocycles. The third kappa shape index (κ3) is 5.22. The molecule has 1 amide bonds. The Hall–Kier alpha value is -1.59. The van der Waals surface area contributed by atoms with Gasteiger partial charge in [0.15, 0.2) is 0 Å². The highest BCUT2D eigenvalue weighted by molar-refractivity contribution is 5.67. The third-order valence-electron chi connectivity index (χ3n) is 4.80. The molecule has 23 heavy (non-hydrogen) atoms. The zero-order valence-electron chi connectivity index (χ0n) is 14.0. The molecule has 2 rings (SSSR count). The molecule has 5 nitrogen and oxygen atoms in total. The van der Waals surface area contributed by atoms with Crippen molar-refractivity contribution in [2.45, 2.75) is 44.2 Å². The minimum absolute atomic E-state index is 0.0628. The van der Waals surface area contributed by atoms with E-state index in [2.05, 4.69) is 10.2 Å². The SMILES string of the molecule is CN(CCO)C1(CNC(=O)OCc2ccccc2)CCCCC1. The Bertz CT molecular complexity index is 472. The first-order valence-corrected chi connectivity index (χ1v) is 8.43. The van der Waals surface area contributed by atoms with Crippen LogP contribution < -0.4 is 5.32 Å². The molecule has 1 fully saturated rings. The van der Waals surface area contributed by atoms with Crippen molar-refractivity contribution in [3.8, 4) is 0 Å². The average Bonchev–Trinajstić information content (AvgIpc) is 2.60. The highest BCUT2D eigenvalue weighted by Crippen LogP contribution is 2.32. The second-order valence-electron chi connectivity index (χ2n) is 6.35. The van der Waals surface area contributed by atoms with Gasteiger partial charge in [-0.05, 0) is 25.5 Å². The number of β-amino-alcohol motifs (C(OH)–C–C–N with tert-alkyl or cyclic N) is 1. The van der Waals surface area contributed by atoms with Gasteiger partial charge in [-0.3, -0.25) is 4.90 Å². The first-order valence-electron chi connectivity index (χ1n) is 8.43. The average molecular weight is 320 g/mol. The monoisotopic (exact) mass is 320 g/mol. The van der Waals surface area contributed by atoms with Crippen LogP contribution >= 0.6 is 0 Å². The lowest BCUT2D eigenvalue weighted by Gasteiger charge is -2.44. The Labute approximate surface area is 138 Å².